The molecule has 122 valence electrons. The SMILES string of the molecule is COCCNC(=O)NCC1CCCN(C)C1c1ccccc1. The molecule has 1 saturated heterocycles. The lowest BCUT2D eigenvalue weighted by Gasteiger charge is -2.39. The fraction of sp³-hybridized carbons (Fsp3) is 0.588. The molecule has 5 nitrogen and oxygen atoms in total. The molecule has 2 rings (SSSR count). The first-order valence-electron chi connectivity index (χ1n) is 7.98. The molecule has 1 aliphatic rings. The second kappa shape index (κ2) is 8.76. The first kappa shape index (κ1) is 16.8. The summed E-state index contributed by atoms with van der Waals surface area (Å²) in [5.74, 6) is 0.439. The Bertz CT molecular complexity index is 452. The van der Waals surface area contributed by atoms with Crippen molar-refractivity contribution < 1.29 is 9.53 Å². The molecular formula is C17H27N3O2. The van der Waals surface area contributed by atoms with Crippen molar-refractivity contribution in [1.82, 2.24) is 15.5 Å². The summed E-state index contributed by atoms with van der Waals surface area (Å²) in [6.45, 7) is 2.88. The predicted octanol–water partition coefficient (Wildman–Crippen LogP) is 2.02. The number of amides is 2. The predicted molar refractivity (Wildman–Crippen MR) is 87.8 cm³/mol. The van der Waals surface area contributed by atoms with Gasteiger partial charge in [0.1, 0.15) is 0 Å². The zero-order valence-electron chi connectivity index (χ0n) is 13.5. The third kappa shape index (κ3) is 4.71. The molecule has 2 atom stereocenters. The van der Waals surface area contributed by atoms with Crippen molar-refractivity contribution >= 4 is 6.03 Å². The van der Waals surface area contributed by atoms with E-state index in [4.69, 9.17) is 4.74 Å². The Balaban J connectivity index is 1.91. The number of carbonyl (C=O) groups excluding carboxylic acids is 1. The summed E-state index contributed by atoms with van der Waals surface area (Å²) in [5, 5.41) is 5.80. The van der Waals surface area contributed by atoms with E-state index in [1.165, 1.54) is 12.0 Å². The minimum atomic E-state index is -0.114. The molecule has 1 aromatic rings. The topological polar surface area (TPSA) is 53.6 Å². The minimum absolute atomic E-state index is 0.114. The molecule has 0 aliphatic carbocycles. The third-order valence-corrected chi connectivity index (χ3v) is 4.26. The fourth-order valence-corrected chi connectivity index (χ4v) is 3.20. The molecule has 22 heavy (non-hydrogen) atoms. The van der Waals surface area contributed by atoms with Crippen molar-refractivity contribution in [2.24, 2.45) is 5.92 Å². The number of carbonyl (C=O) groups is 1. The van der Waals surface area contributed by atoms with Crippen LogP contribution < -0.4 is 10.6 Å². The first-order valence-corrected chi connectivity index (χ1v) is 7.98. The van der Waals surface area contributed by atoms with E-state index in [0.717, 1.165) is 13.0 Å². The quantitative estimate of drug-likeness (QED) is 0.791. The van der Waals surface area contributed by atoms with Crippen LogP contribution in [0.25, 0.3) is 0 Å². The average Bonchev–Trinajstić information content (AvgIpc) is 2.54. The summed E-state index contributed by atoms with van der Waals surface area (Å²) in [6.07, 6.45) is 2.32. The van der Waals surface area contributed by atoms with Gasteiger partial charge in [0, 0.05) is 26.2 Å². The van der Waals surface area contributed by atoms with Crippen LogP contribution in [-0.4, -0.2) is 51.3 Å². The third-order valence-electron chi connectivity index (χ3n) is 4.26. The van der Waals surface area contributed by atoms with Gasteiger partial charge in [0.15, 0.2) is 0 Å². The lowest BCUT2D eigenvalue weighted by molar-refractivity contribution is 0.120. The van der Waals surface area contributed by atoms with Crippen molar-refractivity contribution in [2.45, 2.75) is 18.9 Å². The van der Waals surface area contributed by atoms with E-state index >= 15 is 0 Å². The summed E-state index contributed by atoms with van der Waals surface area (Å²) in [6, 6.07) is 10.8. The molecule has 0 saturated carbocycles. The highest BCUT2D eigenvalue weighted by Crippen LogP contribution is 2.34. The second-order valence-corrected chi connectivity index (χ2v) is 5.87. The average molecular weight is 305 g/mol. The molecule has 0 radical (unpaired) electrons. The maximum atomic E-state index is 11.8. The van der Waals surface area contributed by atoms with Crippen molar-refractivity contribution in [3.05, 3.63) is 35.9 Å². The van der Waals surface area contributed by atoms with E-state index < -0.39 is 0 Å². The van der Waals surface area contributed by atoms with Crippen molar-refractivity contribution in [3.8, 4) is 0 Å². The van der Waals surface area contributed by atoms with Crippen LogP contribution in [0.15, 0.2) is 30.3 Å². The summed E-state index contributed by atoms with van der Waals surface area (Å²) < 4.78 is 4.93. The van der Waals surface area contributed by atoms with Gasteiger partial charge >= 0.3 is 6.03 Å². The lowest BCUT2D eigenvalue weighted by Crippen LogP contribution is -2.44. The number of hydrogen-bond acceptors (Lipinski definition) is 3. The van der Waals surface area contributed by atoms with Gasteiger partial charge in [-0.25, -0.2) is 4.79 Å². The van der Waals surface area contributed by atoms with E-state index in [1.807, 2.05) is 6.07 Å². The zero-order chi connectivity index (χ0) is 15.8. The van der Waals surface area contributed by atoms with Gasteiger partial charge < -0.3 is 15.4 Å². The van der Waals surface area contributed by atoms with E-state index in [0.29, 0.717) is 31.7 Å². The number of methoxy groups -OCH3 is 1. The lowest BCUT2D eigenvalue weighted by atomic mass is 9.85. The number of benzene rings is 1. The highest BCUT2D eigenvalue weighted by molar-refractivity contribution is 5.73. The Kier molecular flexibility index (Phi) is 6.68. The van der Waals surface area contributed by atoms with Crippen LogP contribution in [0, 0.1) is 5.92 Å². The molecule has 2 N–H and O–H groups in total. The van der Waals surface area contributed by atoms with Crippen molar-refractivity contribution in [3.63, 3.8) is 0 Å². The second-order valence-electron chi connectivity index (χ2n) is 5.87. The van der Waals surface area contributed by atoms with Gasteiger partial charge in [-0.2, -0.15) is 0 Å². The number of hydrogen-bond donors (Lipinski definition) is 2. The number of rotatable bonds is 6. The molecule has 0 aromatic heterocycles. The summed E-state index contributed by atoms with van der Waals surface area (Å²) in [7, 11) is 3.80. The van der Waals surface area contributed by atoms with Gasteiger partial charge in [-0.3, -0.25) is 4.90 Å². The standard InChI is InChI=1S/C17H27N3O2/c1-20-11-6-9-15(13-19-17(21)18-10-12-22-2)16(20)14-7-4-3-5-8-14/h3-5,7-8,15-16H,6,9-13H2,1-2H3,(H2,18,19,21). The number of ether oxygens (including phenoxy) is 1. The molecule has 1 fully saturated rings. The first-order chi connectivity index (χ1) is 10.7. The molecule has 0 bridgehead atoms. The maximum absolute atomic E-state index is 11.8. The van der Waals surface area contributed by atoms with Gasteiger partial charge in [0.25, 0.3) is 0 Å². The summed E-state index contributed by atoms with van der Waals surface area (Å²) in [4.78, 5) is 14.2. The van der Waals surface area contributed by atoms with Crippen LogP contribution >= 0.6 is 0 Å². The molecule has 0 spiro atoms. The van der Waals surface area contributed by atoms with Gasteiger partial charge in [0.2, 0.25) is 0 Å². The fourth-order valence-electron chi connectivity index (χ4n) is 3.20. The zero-order valence-corrected chi connectivity index (χ0v) is 13.5. The molecular weight excluding hydrogens is 278 g/mol. The largest absolute Gasteiger partial charge is 0.383 e. The number of piperidine rings is 1. The van der Waals surface area contributed by atoms with E-state index in [-0.39, 0.29) is 6.03 Å². The van der Waals surface area contributed by atoms with E-state index in [2.05, 4.69) is 46.8 Å². The van der Waals surface area contributed by atoms with Crippen LogP contribution in [-0.2, 0) is 4.74 Å². The van der Waals surface area contributed by atoms with Gasteiger partial charge in [-0.1, -0.05) is 30.3 Å². The van der Waals surface area contributed by atoms with Gasteiger partial charge in [0.05, 0.1) is 6.61 Å². The summed E-state index contributed by atoms with van der Waals surface area (Å²) in [5.41, 5.74) is 1.33. The van der Waals surface area contributed by atoms with Crippen LogP contribution in [0.3, 0.4) is 0 Å². The maximum Gasteiger partial charge on any atom is 0.314 e. The molecule has 2 unspecified atom stereocenters. The number of likely N-dealkylation sites (tertiary alicyclic amines) is 1. The molecule has 5 heteroatoms. The Morgan fingerprint density at radius 3 is 2.82 bits per heavy atom. The van der Waals surface area contributed by atoms with Crippen molar-refractivity contribution in [2.75, 3.05) is 40.4 Å². The van der Waals surface area contributed by atoms with E-state index in [9.17, 15) is 4.79 Å². The highest BCUT2D eigenvalue weighted by atomic mass is 16.5. The molecule has 2 amide bonds. The smallest absolute Gasteiger partial charge is 0.314 e. The van der Waals surface area contributed by atoms with Gasteiger partial charge in [-0.05, 0) is 37.9 Å². The Hall–Kier alpha value is -1.59. The summed E-state index contributed by atoms with van der Waals surface area (Å²) >= 11 is 0. The number of urea groups is 1. The van der Waals surface area contributed by atoms with Crippen LogP contribution in [0.1, 0.15) is 24.4 Å². The minimum Gasteiger partial charge on any atom is -0.383 e. The molecule has 1 heterocycles. The highest BCUT2D eigenvalue weighted by Gasteiger charge is 2.30. The Morgan fingerprint density at radius 1 is 1.32 bits per heavy atom. The number of nitrogens with one attached hydrogen (secondary N) is 2. The van der Waals surface area contributed by atoms with E-state index in [1.54, 1.807) is 7.11 Å². The van der Waals surface area contributed by atoms with Gasteiger partial charge in [-0.15, -0.1) is 0 Å². The number of nitrogens with zero attached hydrogens (tertiary/aromatic N) is 1. The monoisotopic (exact) mass is 305 g/mol. The van der Waals surface area contributed by atoms with Crippen LogP contribution in [0.5, 0.6) is 0 Å². The molecule has 1 aromatic carbocycles. The van der Waals surface area contributed by atoms with Crippen LogP contribution in [0.2, 0.25) is 0 Å². The Labute approximate surface area is 133 Å². The Morgan fingerprint density at radius 2 is 2.09 bits per heavy atom. The molecule has 1 aliphatic heterocycles. The van der Waals surface area contributed by atoms with Crippen molar-refractivity contribution in [1.29, 1.82) is 0 Å². The normalized spacial score (nSPS) is 22.3. The van der Waals surface area contributed by atoms with Crippen LogP contribution in [0.4, 0.5) is 4.79 Å².